The van der Waals surface area contributed by atoms with E-state index >= 15 is 0 Å². The summed E-state index contributed by atoms with van der Waals surface area (Å²) in [5.74, 6) is 4.34. The molecule has 6 rings (SSSR count). The molecule has 5 aliphatic rings. The number of carbonyl (C=O) groups is 1. The molecule has 3 nitrogen and oxygen atoms in total. The minimum absolute atomic E-state index is 0.140. The minimum atomic E-state index is -0.468. The van der Waals surface area contributed by atoms with Gasteiger partial charge in [0.15, 0.2) is 5.78 Å². The Morgan fingerprint density at radius 1 is 0.969 bits per heavy atom. The van der Waals surface area contributed by atoms with Crippen LogP contribution in [0.15, 0.2) is 18.2 Å². The van der Waals surface area contributed by atoms with E-state index in [9.17, 15) is 9.90 Å². The Kier molecular flexibility index (Phi) is 4.69. The van der Waals surface area contributed by atoms with Crippen LogP contribution in [0.5, 0.6) is 5.75 Å². The van der Waals surface area contributed by atoms with E-state index in [-0.39, 0.29) is 11.3 Å². The molecule has 1 heterocycles. The molecule has 0 amide bonds. The largest absolute Gasteiger partial charge is 0.493 e. The number of aliphatic hydroxyl groups is 1. The minimum Gasteiger partial charge on any atom is -0.493 e. The van der Waals surface area contributed by atoms with E-state index < -0.39 is 5.60 Å². The summed E-state index contributed by atoms with van der Waals surface area (Å²) in [5.41, 5.74) is 2.16. The van der Waals surface area contributed by atoms with Crippen molar-refractivity contribution in [2.75, 3.05) is 6.61 Å². The maximum atomic E-state index is 13.7. The molecule has 0 radical (unpaired) electrons. The zero-order valence-electron chi connectivity index (χ0n) is 20.2. The highest BCUT2D eigenvalue weighted by Gasteiger charge is 2.61. The number of benzene rings is 1. The van der Waals surface area contributed by atoms with Gasteiger partial charge in [0.1, 0.15) is 5.75 Å². The SMILES string of the molecule is C[C@@]1(O)CC[C@@]2(C)[C@H](CC[C@@H]3[C@@H]2CC[C@]2(C)[C@@H](C(=O)c4ccc5c(c4)OCC5)CC[C@@H]32)C1. The third kappa shape index (κ3) is 2.99. The molecule has 4 saturated carbocycles. The fourth-order valence-corrected chi connectivity index (χ4v) is 9.38. The van der Waals surface area contributed by atoms with Crippen LogP contribution in [0.4, 0.5) is 0 Å². The normalized spacial score (nSPS) is 47.1. The molecule has 0 unspecified atom stereocenters. The van der Waals surface area contributed by atoms with Gasteiger partial charge in [-0.2, -0.15) is 0 Å². The van der Waals surface area contributed by atoms with Gasteiger partial charge in [0.2, 0.25) is 0 Å². The molecule has 0 aromatic heterocycles. The Labute approximate surface area is 193 Å². The predicted octanol–water partition coefficient (Wildman–Crippen LogP) is 6.21. The van der Waals surface area contributed by atoms with Crippen molar-refractivity contribution in [3.8, 4) is 5.75 Å². The molecule has 1 aliphatic heterocycles. The van der Waals surface area contributed by atoms with Gasteiger partial charge in [0, 0.05) is 17.9 Å². The van der Waals surface area contributed by atoms with Gasteiger partial charge in [-0.3, -0.25) is 4.79 Å². The van der Waals surface area contributed by atoms with Gasteiger partial charge in [-0.05, 0) is 111 Å². The van der Waals surface area contributed by atoms with Crippen LogP contribution in [0.3, 0.4) is 0 Å². The molecule has 1 aromatic carbocycles. The first kappa shape index (κ1) is 21.2. The predicted molar refractivity (Wildman–Crippen MR) is 126 cm³/mol. The molecule has 0 spiro atoms. The van der Waals surface area contributed by atoms with Crippen molar-refractivity contribution >= 4 is 5.78 Å². The van der Waals surface area contributed by atoms with Crippen molar-refractivity contribution in [3.63, 3.8) is 0 Å². The number of carbonyl (C=O) groups excluding carboxylic acids is 1. The van der Waals surface area contributed by atoms with Gasteiger partial charge in [-0.1, -0.05) is 26.0 Å². The third-order valence-corrected chi connectivity index (χ3v) is 11.3. The lowest BCUT2D eigenvalue weighted by Gasteiger charge is -2.61. The number of rotatable bonds is 2. The second-order valence-corrected chi connectivity index (χ2v) is 12.8. The maximum Gasteiger partial charge on any atom is 0.166 e. The Hall–Kier alpha value is -1.35. The fourth-order valence-electron chi connectivity index (χ4n) is 9.38. The van der Waals surface area contributed by atoms with Crippen LogP contribution in [0.2, 0.25) is 0 Å². The second-order valence-electron chi connectivity index (χ2n) is 12.8. The quantitative estimate of drug-likeness (QED) is 0.560. The number of hydrogen-bond donors (Lipinski definition) is 1. The summed E-state index contributed by atoms with van der Waals surface area (Å²) >= 11 is 0. The standard InChI is InChI=1S/C29H40O3/c1-27(31)13-14-28(2)20(17-27)6-7-21-22-8-9-24(29(22,3)12-10-23(21)28)26(30)19-5-4-18-11-15-32-25(18)16-19/h4-5,16,20-24,31H,6-15,17H2,1-3H3/t20-,21+,22+,23+,24-,27-,28+,29+/m1/s1. The van der Waals surface area contributed by atoms with Gasteiger partial charge in [0.05, 0.1) is 12.2 Å². The summed E-state index contributed by atoms with van der Waals surface area (Å²) in [4.78, 5) is 13.7. The highest BCUT2D eigenvalue weighted by atomic mass is 16.5. The van der Waals surface area contributed by atoms with Crippen molar-refractivity contribution in [2.24, 2.45) is 40.4 Å². The van der Waals surface area contributed by atoms with Crippen LogP contribution in [-0.2, 0) is 6.42 Å². The molecule has 0 saturated heterocycles. The Balaban J connectivity index is 1.25. The summed E-state index contributed by atoms with van der Waals surface area (Å²) in [7, 11) is 0. The topological polar surface area (TPSA) is 46.5 Å². The zero-order chi connectivity index (χ0) is 22.3. The summed E-state index contributed by atoms with van der Waals surface area (Å²) < 4.78 is 5.76. The molecule has 4 aliphatic carbocycles. The highest BCUT2D eigenvalue weighted by molar-refractivity contribution is 5.99. The molecular weight excluding hydrogens is 396 g/mol. The van der Waals surface area contributed by atoms with Crippen LogP contribution in [0, 0.1) is 40.4 Å². The number of ether oxygens (including phenoxy) is 1. The van der Waals surface area contributed by atoms with Gasteiger partial charge in [0.25, 0.3) is 0 Å². The van der Waals surface area contributed by atoms with Crippen molar-refractivity contribution < 1.29 is 14.6 Å². The van der Waals surface area contributed by atoms with Crippen LogP contribution in [0.25, 0.3) is 0 Å². The molecule has 0 bridgehead atoms. The Bertz CT molecular complexity index is 934. The van der Waals surface area contributed by atoms with E-state index in [1.54, 1.807) is 0 Å². The first-order chi connectivity index (χ1) is 15.2. The van der Waals surface area contributed by atoms with E-state index in [1.165, 1.54) is 44.1 Å². The molecule has 3 heteroatoms. The molecule has 1 aromatic rings. The molecule has 8 atom stereocenters. The first-order valence-electron chi connectivity index (χ1n) is 13.2. The van der Waals surface area contributed by atoms with Crippen LogP contribution in [-0.4, -0.2) is 23.1 Å². The molecular formula is C29H40O3. The summed E-state index contributed by atoms with van der Waals surface area (Å²) in [6, 6.07) is 6.19. The lowest BCUT2D eigenvalue weighted by molar-refractivity contribution is -0.144. The van der Waals surface area contributed by atoms with Crippen molar-refractivity contribution in [3.05, 3.63) is 29.3 Å². The number of Topliss-reactive ketones (excluding diaryl/α,β-unsaturated/α-hetero) is 1. The molecule has 1 N–H and O–H groups in total. The smallest absolute Gasteiger partial charge is 0.166 e. The van der Waals surface area contributed by atoms with E-state index in [2.05, 4.69) is 26.0 Å². The van der Waals surface area contributed by atoms with Gasteiger partial charge in [-0.15, -0.1) is 0 Å². The second kappa shape index (κ2) is 7.08. The fraction of sp³-hybridized carbons (Fsp3) is 0.759. The first-order valence-corrected chi connectivity index (χ1v) is 13.2. The lowest BCUT2D eigenvalue weighted by atomic mass is 9.44. The van der Waals surface area contributed by atoms with Crippen molar-refractivity contribution in [1.82, 2.24) is 0 Å². The highest BCUT2D eigenvalue weighted by Crippen LogP contribution is 2.68. The molecule has 174 valence electrons. The Morgan fingerprint density at radius 2 is 1.78 bits per heavy atom. The monoisotopic (exact) mass is 436 g/mol. The van der Waals surface area contributed by atoms with Crippen LogP contribution < -0.4 is 4.74 Å². The summed E-state index contributed by atoms with van der Waals surface area (Å²) in [6.45, 7) is 7.80. The summed E-state index contributed by atoms with van der Waals surface area (Å²) in [5, 5.41) is 10.7. The van der Waals surface area contributed by atoms with Crippen molar-refractivity contribution in [2.45, 2.75) is 90.6 Å². The van der Waals surface area contributed by atoms with Gasteiger partial charge >= 0.3 is 0 Å². The average molecular weight is 437 g/mol. The van der Waals surface area contributed by atoms with E-state index in [0.717, 1.165) is 55.4 Å². The van der Waals surface area contributed by atoms with Gasteiger partial charge in [-0.25, -0.2) is 0 Å². The summed E-state index contributed by atoms with van der Waals surface area (Å²) in [6.07, 6.45) is 11.4. The van der Waals surface area contributed by atoms with E-state index in [0.29, 0.717) is 23.0 Å². The zero-order valence-corrected chi connectivity index (χ0v) is 20.2. The average Bonchev–Trinajstić information content (AvgIpc) is 3.37. The third-order valence-electron chi connectivity index (χ3n) is 11.3. The van der Waals surface area contributed by atoms with Crippen molar-refractivity contribution in [1.29, 1.82) is 0 Å². The van der Waals surface area contributed by atoms with Gasteiger partial charge < -0.3 is 9.84 Å². The van der Waals surface area contributed by atoms with E-state index in [1.807, 2.05) is 13.0 Å². The Morgan fingerprint density at radius 3 is 2.62 bits per heavy atom. The number of fused-ring (bicyclic) bond motifs is 6. The lowest BCUT2D eigenvalue weighted by Crippen LogP contribution is -2.55. The number of ketones is 1. The van der Waals surface area contributed by atoms with Crippen LogP contribution >= 0.6 is 0 Å². The number of hydrogen-bond acceptors (Lipinski definition) is 3. The molecule has 32 heavy (non-hydrogen) atoms. The molecule has 4 fully saturated rings. The van der Waals surface area contributed by atoms with E-state index in [4.69, 9.17) is 4.74 Å². The maximum absolute atomic E-state index is 13.7. The van der Waals surface area contributed by atoms with Crippen LogP contribution in [0.1, 0.15) is 94.5 Å².